The highest BCUT2D eigenvalue weighted by Crippen LogP contribution is 2.20. The molecule has 0 radical (unpaired) electrons. The van der Waals surface area contributed by atoms with Crippen molar-refractivity contribution in [2.24, 2.45) is 0 Å². The van der Waals surface area contributed by atoms with Crippen LogP contribution in [0.5, 0.6) is 5.75 Å². The van der Waals surface area contributed by atoms with Gasteiger partial charge in [-0.05, 0) is 38.4 Å². The Morgan fingerprint density at radius 2 is 2.13 bits per heavy atom. The van der Waals surface area contributed by atoms with Gasteiger partial charge in [-0.1, -0.05) is 24.8 Å². The highest BCUT2D eigenvalue weighted by atomic mass is 16.5. The fraction of sp³-hybridized carbons (Fsp3) is 0.278. The van der Waals surface area contributed by atoms with Crippen LogP contribution in [0.4, 0.5) is 0 Å². The van der Waals surface area contributed by atoms with Gasteiger partial charge in [0.2, 0.25) is 0 Å². The molecule has 5 nitrogen and oxygen atoms in total. The second-order valence-electron chi connectivity index (χ2n) is 5.30. The van der Waals surface area contributed by atoms with E-state index in [2.05, 4.69) is 11.9 Å². The third-order valence-electron chi connectivity index (χ3n) is 3.44. The maximum Gasteiger partial charge on any atom is 0.255 e. The van der Waals surface area contributed by atoms with E-state index in [9.17, 15) is 4.79 Å². The minimum Gasteiger partial charge on any atom is -0.489 e. The highest BCUT2D eigenvalue weighted by molar-refractivity contribution is 5.96. The maximum atomic E-state index is 12.5. The van der Waals surface area contributed by atoms with Crippen molar-refractivity contribution in [2.45, 2.75) is 6.04 Å². The van der Waals surface area contributed by atoms with Gasteiger partial charge in [0.25, 0.3) is 5.91 Å². The molecule has 1 atom stereocenters. The summed E-state index contributed by atoms with van der Waals surface area (Å²) in [5, 5.41) is 2.94. The van der Waals surface area contributed by atoms with E-state index in [4.69, 9.17) is 9.15 Å². The predicted octanol–water partition coefficient (Wildman–Crippen LogP) is 2.88. The third-order valence-corrected chi connectivity index (χ3v) is 3.44. The molecule has 23 heavy (non-hydrogen) atoms. The molecule has 2 aromatic rings. The standard InChI is InChI=1S/C18H22N2O3/c1-4-11-22-16-9-6-5-8-14(16)18(21)19-13-15(20(2)3)17-10-7-12-23-17/h4-10,12,15H,1,11,13H2,2-3H3,(H,19,21)/t15-/m1/s1. The van der Waals surface area contributed by atoms with Gasteiger partial charge >= 0.3 is 0 Å². The molecule has 0 unspecified atom stereocenters. The average molecular weight is 314 g/mol. The van der Waals surface area contributed by atoms with Crippen LogP contribution in [-0.2, 0) is 0 Å². The van der Waals surface area contributed by atoms with Crippen LogP contribution in [-0.4, -0.2) is 38.1 Å². The number of hydrogen-bond donors (Lipinski definition) is 1. The first-order chi connectivity index (χ1) is 11.1. The minimum atomic E-state index is -0.178. The largest absolute Gasteiger partial charge is 0.489 e. The molecule has 1 aromatic carbocycles. The van der Waals surface area contributed by atoms with E-state index in [0.717, 1.165) is 5.76 Å². The van der Waals surface area contributed by atoms with Crippen LogP contribution >= 0.6 is 0 Å². The Hall–Kier alpha value is -2.53. The summed E-state index contributed by atoms with van der Waals surface area (Å²) in [6.45, 7) is 4.41. The highest BCUT2D eigenvalue weighted by Gasteiger charge is 2.19. The summed E-state index contributed by atoms with van der Waals surface area (Å²) in [4.78, 5) is 14.5. The second-order valence-corrected chi connectivity index (χ2v) is 5.30. The Balaban J connectivity index is 2.05. The molecule has 0 bridgehead atoms. The van der Waals surface area contributed by atoms with Crippen molar-refractivity contribution in [1.29, 1.82) is 0 Å². The number of rotatable bonds is 8. The van der Waals surface area contributed by atoms with Crippen LogP contribution in [0.1, 0.15) is 22.2 Å². The van der Waals surface area contributed by atoms with Gasteiger partial charge in [-0.3, -0.25) is 9.69 Å². The van der Waals surface area contributed by atoms with Crippen LogP contribution in [0.3, 0.4) is 0 Å². The molecule has 1 aromatic heterocycles. The van der Waals surface area contributed by atoms with E-state index in [1.165, 1.54) is 0 Å². The van der Waals surface area contributed by atoms with E-state index in [0.29, 0.717) is 24.5 Å². The summed E-state index contributed by atoms with van der Waals surface area (Å²) in [6.07, 6.45) is 3.28. The molecule has 0 saturated carbocycles. The SMILES string of the molecule is C=CCOc1ccccc1C(=O)NC[C@H](c1ccco1)N(C)C. The molecule has 0 saturated heterocycles. The molecular weight excluding hydrogens is 292 g/mol. The van der Waals surface area contributed by atoms with Gasteiger partial charge in [0.1, 0.15) is 18.1 Å². The number of carbonyl (C=O) groups excluding carboxylic acids is 1. The number of nitrogens with one attached hydrogen (secondary N) is 1. The van der Waals surface area contributed by atoms with Crippen molar-refractivity contribution in [2.75, 3.05) is 27.2 Å². The summed E-state index contributed by atoms with van der Waals surface area (Å²) < 4.78 is 11.0. The quantitative estimate of drug-likeness (QED) is 0.761. The van der Waals surface area contributed by atoms with E-state index in [1.807, 2.05) is 43.3 Å². The zero-order valence-electron chi connectivity index (χ0n) is 13.5. The van der Waals surface area contributed by atoms with Crippen molar-refractivity contribution in [3.05, 3.63) is 66.6 Å². The van der Waals surface area contributed by atoms with E-state index < -0.39 is 0 Å². The van der Waals surface area contributed by atoms with E-state index in [-0.39, 0.29) is 11.9 Å². The molecule has 0 aliphatic heterocycles. The zero-order chi connectivity index (χ0) is 16.7. The lowest BCUT2D eigenvalue weighted by atomic mass is 10.1. The number of benzene rings is 1. The summed E-state index contributed by atoms with van der Waals surface area (Å²) in [7, 11) is 3.89. The Labute approximate surface area is 136 Å². The fourth-order valence-corrected chi connectivity index (χ4v) is 2.23. The summed E-state index contributed by atoms with van der Waals surface area (Å²) in [5.41, 5.74) is 0.506. The number of nitrogens with zero attached hydrogens (tertiary/aromatic N) is 1. The molecule has 2 rings (SSSR count). The number of carbonyl (C=O) groups is 1. The normalized spacial score (nSPS) is 12.0. The number of para-hydroxylation sites is 1. The molecule has 0 fully saturated rings. The number of hydrogen-bond acceptors (Lipinski definition) is 4. The number of amides is 1. The Morgan fingerprint density at radius 1 is 1.35 bits per heavy atom. The lowest BCUT2D eigenvalue weighted by Crippen LogP contribution is -2.34. The topological polar surface area (TPSA) is 54.7 Å². The smallest absolute Gasteiger partial charge is 0.255 e. The first-order valence-corrected chi connectivity index (χ1v) is 7.44. The summed E-state index contributed by atoms with van der Waals surface area (Å²) >= 11 is 0. The van der Waals surface area contributed by atoms with Crippen LogP contribution in [0.15, 0.2) is 59.7 Å². The molecule has 1 N–H and O–H groups in total. The summed E-state index contributed by atoms with van der Waals surface area (Å²) in [5.74, 6) is 1.18. The molecule has 0 aliphatic carbocycles. The molecule has 0 spiro atoms. The third kappa shape index (κ3) is 4.47. The Bertz CT molecular complexity index is 635. The monoisotopic (exact) mass is 314 g/mol. The van der Waals surface area contributed by atoms with Crippen molar-refractivity contribution in [1.82, 2.24) is 10.2 Å². The lowest BCUT2D eigenvalue weighted by molar-refractivity contribution is 0.0935. The first-order valence-electron chi connectivity index (χ1n) is 7.44. The number of furan rings is 1. The molecule has 5 heteroatoms. The minimum absolute atomic E-state index is 0.0322. The molecule has 1 amide bonds. The summed E-state index contributed by atoms with van der Waals surface area (Å²) in [6, 6.07) is 10.9. The average Bonchev–Trinajstić information content (AvgIpc) is 3.07. The lowest BCUT2D eigenvalue weighted by Gasteiger charge is -2.22. The van der Waals surface area contributed by atoms with Gasteiger partial charge in [-0.2, -0.15) is 0 Å². The first kappa shape index (κ1) is 16.8. The molecule has 1 heterocycles. The van der Waals surface area contributed by atoms with Gasteiger partial charge in [0.05, 0.1) is 17.9 Å². The zero-order valence-corrected chi connectivity index (χ0v) is 13.5. The number of likely N-dealkylation sites (N-methyl/N-ethyl adjacent to an activating group) is 1. The van der Waals surface area contributed by atoms with Gasteiger partial charge in [-0.25, -0.2) is 0 Å². The maximum absolute atomic E-state index is 12.5. The molecule has 122 valence electrons. The van der Waals surface area contributed by atoms with Crippen molar-refractivity contribution in [3.63, 3.8) is 0 Å². The van der Waals surface area contributed by atoms with Crippen LogP contribution in [0, 0.1) is 0 Å². The predicted molar refractivity (Wildman–Crippen MR) is 89.6 cm³/mol. The molecule has 0 aliphatic rings. The van der Waals surface area contributed by atoms with Gasteiger partial charge in [0, 0.05) is 6.54 Å². The Kier molecular flexibility index (Phi) is 6.00. The van der Waals surface area contributed by atoms with E-state index in [1.54, 1.807) is 24.5 Å². The van der Waals surface area contributed by atoms with E-state index >= 15 is 0 Å². The van der Waals surface area contributed by atoms with Crippen molar-refractivity contribution in [3.8, 4) is 5.75 Å². The van der Waals surface area contributed by atoms with Crippen LogP contribution in [0.25, 0.3) is 0 Å². The molecular formula is C18H22N2O3. The van der Waals surface area contributed by atoms with Crippen molar-refractivity contribution >= 4 is 5.91 Å². The second kappa shape index (κ2) is 8.19. The van der Waals surface area contributed by atoms with Gasteiger partial charge < -0.3 is 14.5 Å². The van der Waals surface area contributed by atoms with Gasteiger partial charge in [-0.15, -0.1) is 0 Å². The van der Waals surface area contributed by atoms with Gasteiger partial charge in [0.15, 0.2) is 0 Å². The number of ether oxygens (including phenoxy) is 1. The van der Waals surface area contributed by atoms with Crippen molar-refractivity contribution < 1.29 is 13.9 Å². The Morgan fingerprint density at radius 3 is 2.78 bits per heavy atom. The van der Waals surface area contributed by atoms with Crippen LogP contribution < -0.4 is 10.1 Å². The van der Waals surface area contributed by atoms with Crippen LogP contribution in [0.2, 0.25) is 0 Å². The fourth-order valence-electron chi connectivity index (χ4n) is 2.23.